The van der Waals surface area contributed by atoms with Crippen LogP contribution in [0, 0.1) is 0 Å². The minimum absolute atomic E-state index is 0.545. The van der Waals surface area contributed by atoms with Crippen LogP contribution in [0.15, 0.2) is 0 Å². The Labute approximate surface area is 132 Å². The third kappa shape index (κ3) is 18.1. The van der Waals surface area contributed by atoms with Gasteiger partial charge in [0, 0.05) is 14.1 Å². The van der Waals surface area contributed by atoms with E-state index in [4.69, 9.17) is 9.15 Å². The van der Waals surface area contributed by atoms with Gasteiger partial charge in [-0.3, -0.25) is 4.57 Å². The first kappa shape index (κ1) is 21.1. The van der Waals surface area contributed by atoms with Crippen molar-refractivity contribution in [2.24, 2.45) is 0 Å². The molecule has 0 heterocycles. The zero-order valence-electron chi connectivity index (χ0n) is 14.4. The highest BCUT2D eigenvalue weighted by Gasteiger charge is 2.01. The van der Waals surface area contributed by atoms with Gasteiger partial charge in [-0.25, -0.2) is 4.62 Å². The minimum Gasteiger partial charge on any atom is -0.310 e. The van der Waals surface area contributed by atoms with Crippen LogP contribution < -0.4 is 0 Å². The summed E-state index contributed by atoms with van der Waals surface area (Å²) in [5.74, 6) is 0. The molecule has 0 saturated carbocycles. The monoisotopic (exact) mass is 321 g/mol. The molecule has 0 aliphatic rings. The molecule has 0 saturated heterocycles. The van der Waals surface area contributed by atoms with Crippen LogP contribution in [0.4, 0.5) is 0 Å². The fourth-order valence-electron chi connectivity index (χ4n) is 2.27. The Morgan fingerprint density at radius 1 is 0.762 bits per heavy atom. The molecule has 1 atom stereocenters. The zero-order chi connectivity index (χ0) is 15.8. The van der Waals surface area contributed by atoms with Gasteiger partial charge in [0.15, 0.2) is 0 Å². The Bertz CT molecular complexity index is 238. The molecule has 0 rings (SSSR count). The second-order valence-corrected chi connectivity index (χ2v) is 6.86. The van der Waals surface area contributed by atoms with Gasteiger partial charge >= 0.3 is 8.25 Å². The summed E-state index contributed by atoms with van der Waals surface area (Å²) in [5.41, 5.74) is 0. The Kier molecular flexibility index (Phi) is 16.6. The van der Waals surface area contributed by atoms with Crippen molar-refractivity contribution in [1.29, 1.82) is 0 Å². The van der Waals surface area contributed by atoms with Gasteiger partial charge in [-0.05, 0) is 6.42 Å². The molecule has 128 valence electrons. The predicted octanol–water partition coefficient (Wildman–Crippen LogP) is 5.59. The van der Waals surface area contributed by atoms with E-state index in [1.165, 1.54) is 69.3 Å². The topological polar surface area (TPSA) is 38.8 Å². The van der Waals surface area contributed by atoms with Gasteiger partial charge in [0.05, 0.1) is 6.61 Å². The van der Waals surface area contributed by atoms with E-state index in [-0.39, 0.29) is 0 Å². The first-order valence-corrected chi connectivity index (χ1v) is 9.91. The highest BCUT2D eigenvalue weighted by atomic mass is 31.1. The van der Waals surface area contributed by atoms with Crippen LogP contribution in [0.1, 0.15) is 84.0 Å². The number of hydroxylamine groups is 2. The van der Waals surface area contributed by atoms with E-state index in [0.717, 1.165) is 12.8 Å². The molecule has 0 aromatic rings. The smallest absolute Gasteiger partial charge is 0.310 e. The van der Waals surface area contributed by atoms with Gasteiger partial charge in [0.1, 0.15) is 0 Å². The fraction of sp³-hybridized carbons (Fsp3) is 1.00. The quantitative estimate of drug-likeness (QED) is 0.211. The Hall–Kier alpha value is 0.110. The molecule has 4 nitrogen and oxygen atoms in total. The van der Waals surface area contributed by atoms with E-state index in [9.17, 15) is 4.57 Å². The van der Waals surface area contributed by atoms with Crippen LogP contribution in [-0.4, -0.2) is 25.8 Å². The largest absolute Gasteiger partial charge is 0.335 e. The van der Waals surface area contributed by atoms with Crippen LogP contribution in [0.25, 0.3) is 0 Å². The first-order valence-electron chi connectivity index (χ1n) is 8.69. The average Bonchev–Trinajstić information content (AvgIpc) is 2.43. The molecule has 0 aliphatic carbocycles. The van der Waals surface area contributed by atoms with Crippen molar-refractivity contribution in [2.75, 3.05) is 20.7 Å². The van der Waals surface area contributed by atoms with E-state index in [1.54, 1.807) is 14.1 Å². The number of unbranched alkanes of at least 4 members (excludes halogenated alkanes) is 11. The van der Waals surface area contributed by atoms with Crippen LogP contribution in [0.3, 0.4) is 0 Å². The lowest BCUT2D eigenvalue weighted by Gasteiger charge is -2.09. The maximum absolute atomic E-state index is 11.3. The SMILES string of the molecule is CCCCCCCCCCCCCCO[PH](=O)ON(C)C. The third-order valence-corrected chi connectivity index (χ3v) is 4.43. The first-order chi connectivity index (χ1) is 10.2. The molecule has 0 spiro atoms. The van der Waals surface area contributed by atoms with Crippen molar-refractivity contribution in [3.63, 3.8) is 0 Å². The lowest BCUT2D eigenvalue weighted by Crippen LogP contribution is -2.07. The van der Waals surface area contributed by atoms with Crippen LogP contribution in [-0.2, 0) is 13.7 Å². The highest BCUT2D eigenvalue weighted by molar-refractivity contribution is 7.33. The van der Waals surface area contributed by atoms with Gasteiger partial charge in [-0.1, -0.05) is 77.6 Å². The summed E-state index contributed by atoms with van der Waals surface area (Å²) in [4.78, 5) is 0. The van der Waals surface area contributed by atoms with Crippen LogP contribution >= 0.6 is 8.25 Å². The molecule has 21 heavy (non-hydrogen) atoms. The average molecular weight is 321 g/mol. The molecule has 0 aromatic heterocycles. The predicted molar refractivity (Wildman–Crippen MR) is 90.8 cm³/mol. The van der Waals surface area contributed by atoms with Crippen molar-refractivity contribution >= 4 is 8.25 Å². The van der Waals surface area contributed by atoms with Gasteiger partial charge in [0.25, 0.3) is 0 Å². The Morgan fingerprint density at radius 3 is 1.62 bits per heavy atom. The molecule has 0 bridgehead atoms. The number of hydrogen-bond donors (Lipinski definition) is 0. The number of nitrogens with zero attached hydrogens (tertiary/aromatic N) is 1. The normalized spacial score (nSPS) is 13.0. The van der Waals surface area contributed by atoms with Gasteiger partial charge in [-0.2, -0.15) is 5.06 Å². The molecule has 1 unspecified atom stereocenters. The molecular formula is C16H36NO3P. The summed E-state index contributed by atoms with van der Waals surface area (Å²) in [6.07, 6.45) is 15.8. The Balaban J connectivity index is 3.07. The lowest BCUT2D eigenvalue weighted by molar-refractivity contribution is -0.0122. The number of rotatable bonds is 16. The van der Waals surface area contributed by atoms with Crippen molar-refractivity contribution in [1.82, 2.24) is 5.06 Å². The maximum atomic E-state index is 11.3. The molecule has 0 N–H and O–H groups in total. The summed E-state index contributed by atoms with van der Waals surface area (Å²) in [6, 6.07) is 0. The van der Waals surface area contributed by atoms with Crippen molar-refractivity contribution < 1.29 is 13.7 Å². The number of hydrogen-bond acceptors (Lipinski definition) is 4. The molecule has 0 radical (unpaired) electrons. The van der Waals surface area contributed by atoms with Crippen LogP contribution in [0.5, 0.6) is 0 Å². The maximum Gasteiger partial charge on any atom is 0.335 e. The van der Waals surface area contributed by atoms with Gasteiger partial charge in [0.2, 0.25) is 0 Å². The minimum atomic E-state index is -2.33. The zero-order valence-corrected chi connectivity index (χ0v) is 15.4. The van der Waals surface area contributed by atoms with Crippen LogP contribution in [0.2, 0.25) is 0 Å². The second kappa shape index (κ2) is 16.5. The summed E-state index contributed by atoms with van der Waals surface area (Å²) >= 11 is 0. The van der Waals surface area contributed by atoms with Crippen molar-refractivity contribution in [2.45, 2.75) is 84.0 Å². The van der Waals surface area contributed by atoms with E-state index < -0.39 is 8.25 Å². The molecule has 0 aliphatic heterocycles. The van der Waals surface area contributed by atoms with E-state index >= 15 is 0 Å². The van der Waals surface area contributed by atoms with E-state index in [1.807, 2.05) is 0 Å². The van der Waals surface area contributed by atoms with Gasteiger partial charge < -0.3 is 4.52 Å². The molecule has 0 amide bonds. The molecular weight excluding hydrogens is 285 g/mol. The lowest BCUT2D eigenvalue weighted by atomic mass is 10.1. The summed E-state index contributed by atoms with van der Waals surface area (Å²) in [6.45, 7) is 2.81. The summed E-state index contributed by atoms with van der Waals surface area (Å²) in [7, 11) is 1.08. The summed E-state index contributed by atoms with van der Waals surface area (Å²) in [5, 5.41) is 1.42. The van der Waals surface area contributed by atoms with Crippen molar-refractivity contribution in [3.05, 3.63) is 0 Å². The molecule has 5 heteroatoms. The summed E-state index contributed by atoms with van der Waals surface area (Å²) < 4.78 is 21.3. The standard InChI is InChI=1S/C16H36NO3P/c1-4-5-6-7-8-9-10-11-12-13-14-15-16-19-21(18)20-17(2)3/h21H,4-16H2,1-3H3. The Morgan fingerprint density at radius 2 is 1.19 bits per heavy atom. The highest BCUT2D eigenvalue weighted by Crippen LogP contribution is 2.24. The van der Waals surface area contributed by atoms with E-state index in [0.29, 0.717) is 6.61 Å². The molecule has 0 aromatic carbocycles. The third-order valence-electron chi connectivity index (χ3n) is 3.47. The van der Waals surface area contributed by atoms with E-state index in [2.05, 4.69) is 6.92 Å². The second-order valence-electron chi connectivity index (χ2n) is 5.89. The molecule has 0 fully saturated rings. The fourth-order valence-corrected chi connectivity index (χ4v) is 2.94. The van der Waals surface area contributed by atoms with Gasteiger partial charge in [-0.15, -0.1) is 0 Å². The van der Waals surface area contributed by atoms with Crippen molar-refractivity contribution in [3.8, 4) is 0 Å².